The number of piperidine rings is 1. The average molecular weight is 333 g/mol. The van der Waals surface area contributed by atoms with E-state index in [9.17, 15) is 4.79 Å². The molecule has 2 bridgehead atoms. The highest BCUT2D eigenvalue weighted by Gasteiger charge is 2.39. The Hall–Kier alpha value is -1.98. The molecule has 6 heteroatoms. The van der Waals surface area contributed by atoms with Gasteiger partial charge < -0.3 is 19.8 Å². The van der Waals surface area contributed by atoms with E-state index in [1.165, 1.54) is 12.7 Å². The van der Waals surface area contributed by atoms with Crippen LogP contribution in [0.25, 0.3) is 0 Å². The van der Waals surface area contributed by atoms with E-state index in [-0.39, 0.29) is 11.9 Å². The molecule has 23 heavy (non-hydrogen) atoms. The number of benzene rings is 1. The molecule has 3 atom stereocenters. The van der Waals surface area contributed by atoms with Crippen molar-refractivity contribution in [3.63, 3.8) is 0 Å². The van der Waals surface area contributed by atoms with Gasteiger partial charge in [0.1, 0.15) is 12.0 Å². The number of nitrogens with one attached hydrogen (secondary N) is 2. The van der Waals surface area contributed by atoms with Crippen LogP contribution in [0.5, 0.6) is 11.7 Å². The van der Waals surface area contributed by atoms with Crippen LogP contribution in [0.15, 0.2) is 41.0 Å². The van der Waals surface area contributed by atoms with Crippen LogP contribution in [0.2, 0.25) is 5.02 Å². The molecule has 1 aromatic heterocycles. The molecule has 0 radical (unpaired) electrons. The Morgan fingerprint density at radius 3 is 2.74 bits per heavy atom. The molecule has 3 unspecified atom stereocenters. The predicted molar refractivity (Wildman–Crippen MR) is 86.0 cm³/mol. The first kappa shape index (κ1) is 14.6. The van der Waals surface area contributed by atoms with Crippen molar-refractivity contribution in [2.75, 3.05) is 6.54 Å². The van der Waals surface area contributed by atoms with Gasteiger partial charge in [0.2, 0.25) is 0 Å². The van der Waals surface area contributed by atoms with Crippen LogP contribution in [-0.4, -0.2) is 24.5 Å². The van der Waals surface area contributed by atoms with Crippen molar-refractivity contribution in [2.24, 2.45) is 5.92 Å². The van der Waals surface area contributed by atoms with E-state index in [2.05, 4.69) is 10.6 Å². The van der Waals surface area contributed by atoms with Gasteiger partial charge in [-0.05, 0) is 49.6 Å². The number of ether oxygens (including phenoxy) is 1. The molecule has 1 aromatic carbocycles. The molecule has 2 N–H and O–H groups in total. The monoisotopic (exact) mass is 332 g/mol. The molecule has 2 aliphatic rings. The molecule has 4 rings (SSSR count). The molecule has 120 valence electrons. The second kappa shape index (κ2) is 5.91. The lowest BCUT2D eigenvalue weighted by atomic mass is 10.1. The van der Waals surface area contributed by atoms with E-state index < -0.39 is 0 Å². The van der Waals surface area contributed by atoms with Crippen molar-refractivity contribution < 1.29 is 13.9 Å². The summed E-state index contributed by atoms with van der Waals surface area (Å²) >= 11 is 5.77. The van der Waals surface area contributed by atoms with Crippen molar-refractivity contribution >= 4 is 17.5 Å². The number of hydrogen-bond acceptors (Lipinski definition) is 4. The molecule has 2 fully saturated rings. The maximum Gasteiger partial charge on any atom is 0.291 e. The molecule has 1 aliphatic heterocycles. The second-order valence-electron chi connectivity index (χ2n) is 6.14. The van der Waals surface area contributed by atoms with E-state index in [0.717, 1.165) is 13.0 Å². The van der Waals surface area contributed by atoms with Gasteiger partial charge in [0.25, 0.3) is 11.9 Å². The Bertz CT molecular complexity index is 713. The van der Waals surface area contributed by atoms with Gasteiger partial charge in [-0.2, -0.15) is 0 Å². The molecular weight excluding hydrogens is 316 g/mol. The molecule has 0 spiro atoms. The van der Waals surface area contributed by atoms with Gasteiger partial charge in [-0.1, -0.05) is 11.6 Å². The Labute approximate surface area is 139 Å². The summed E-state index contributed by atoms with van der Waals surface area (Å²) in [5.41, 5.74) is 0.623. The van der Waals surface area contributed by atoms with E-state index in [0.29, 0.717) is 34.2 Å². The number of carbonyl (C=O) groups is 1. The third-order valence-electron chi connectivity index (χ3n) is 4.52. The van der Waals surface area contributed by atoms with Crippen LogP contribution in [0, 0.1) is 5.92 Å². The lowest BCUT2D eigenvalue weighted by molar-refractivity contribution is 0.0928. The Morgan fingerprint density at radius 1 is 1.30 bits per heavy atom. The van der Waals surface area contributed by atoms with Crippen molar-refractivity contribution in [1.82, 2.24) is 10.6 Å². The zero-order chi connectivity index (χ0) is 15.8. The third-order valence-corrected chi connectivity index (χ3v) is 4.72. The minimum atomic E-state index is -0.0445. The highest BCUT2D eigenvalue weighted by Crippen LogP contribution is 2.31. The number of carbonyl (C=O) groups excluding carboxylic acids is 1. The first-order valence-corrected chi connectivity index (χ1v) is 8.11. The minimum absolute atomic E-state index is 0.0445. The Morgan fingerprint density at radius 2 is 2.13 bits per heavy atom. The number of amides is 1. The van der Waals surface area contributed by atoms with Gasteiger partial charge in [0, 0.05) is 23.7 Å². The van der Waals surface area contributed by atoms with Gasteiger partial charge in [-0.3, -0.25) is 4.79 Å². The fraction of sp³-hybridized carbons (Fsp3) is 0.353. The molecule has 1 saturated carbocycles. The molecule has 1 aliphatic carbocycles. The zero-order valence-electron chi connectivity index (χ0n) is 12.4. The summed E-state index contributed by atoms with van der Waals surface area (Å²) in [6, 6.07) is 9.22. The molecule has 1 amide bonds. The summed E-state index contributed by atoms with van der Waals surface area (Å²) in [5.74, 6) is 1.58. The highest BCUT2D eigenvalue weighted by molar-refractivity contribution is 6.30. The average Bonchev–Trinajstić information content (AvgIpc) is 3.25. The smallest absolute Gasteiger partial charge is 0.291 e. The molecule has 1 saturated heterocycles. The van der Waals surface area contributed by atoms with Crippen molar-refractivity contribution in [3.8, 4) is 11.7 Å². The number of fused-ring (bicyclic) bond motifs is 2. The highest BCUT2D eigenvalue weighted by atomic mass is 35.5. The number of hydrogen-bond donors (Lipinski definition) is 2. The summed E-state index contributed by atoms with van der Waals surface area (Å²) in [7, 11) is 0. The minimum Gasteiger partial charge on any atom is -0.432 e. The van der Waals surface area contributed by atoms with Crippen molar-refractivity contribution in [2.45, 2.75) is 24.9 Å². The second-order valence-corrected chi connectivity index (χ2v) is 6.58. The van der Waals surface area contributed by atoms with E-state index in [4.69, 9.17) is 20.8 Å². The largest absolute Gasteiger partial charge is 0.432 e. The third kappa shape index (κ3) is 3.07. The number of rotatable bonds is 4. The standard InChI is InChI=1S/C17H17ClN2O3/c18-12-7-16(22-9-12)23-13-3-1-11(2-4-13)17(21)20-15-6-10-5-14(15)19-8-10/h1-4,7,9-10,14-15,19H,5-6,8H2,(H,20,21). The van der Waals surface area contributed by atoms with Crippen LogP contribution in [0.4, 0.5) is 0 Å². The van der Waals surface area contributed by atoms with Crippen LogP contribution < -0.4 is 15.4 Å². The van der Waals surface area contributed by atoms with E-state index in [1.54, 1.807) is 30.3 Å². The fourth-order valence-electron chi connectivity index (χ4n) is 3.40. The maximum absolute atomic E-state index is 12.3. The Kier molecular flexibility index (Phi) is 3.75. The normalized spacial score (nSPS) is 25.5. The van der Waals surface area contributed by atoms with Gasteiger partial charge in [0.05, 0.1) is 5.02 Å². The summed E-state index contributed by atoms with van der Waals surface area (Å²) < 4.78 is 10.6. The van der Waals surface area contributed by atoms with Crippen LogP contribution in [0.3, 0.4) is 0 Å². The SMILES string of the molecule is O=C(NC1CC2CNC1C2)c1ccc(Oc2cc(Cl)co2)cc1. The number of halogens is 1. The lowest BCUT2D eigenvalue weighted by Crippen LogP contribution is -2.47. The quantitative estimate of drug-likeness (QED) is 0.902. The van der Waals surface area contributed by atoms with Crippen LogP contribution in [-0.2, 0) is 0 Å². The first-order chi connectivity index (χ1) is 11.2. The topological polar surface area (TPSA) is 63.5 Å². The van der Waals surface area contributed by atoms with Crippen molar-refractivity contribution in [3.05, 3.63) is 47.2 Å². The molecule has 2 heterocycles. The summed E-state index contributed by atoms with van der Waals surface area (Å²) in [4.78, 5) is 12.3. The molecule has 2 aromatic rings. The fourth-order valence-corrected chi connectivity index (χ4v) is 3.54. The van der Waals surface area contributed by atoms with Gasteiger partial charge >= 0.3 is 0 Å². The summed E-state index contributed by atoms with van der Waals surface area (Å²) in [6.07, 6.45) is 3.65. The molecular formula is C17H17ClN2O3. The predicted octanol–water partition coefficient (Wildman–Crippen LogP) is 3.21. The lowest BCUT2D eigenvalue weighted by Gasteiger charge is -2.24. The van der Waals surface area contributed by atoms with Gasteiger partial charge in [-0.25, -0.2) is 0 Å². The van der Waals surface area contributed by atoms with E-state index >= 15 is 0 Å². The Balaban J connectivity index is 1.38. The first-order valence-electron chi connectivity index (χ1n) is 7.73. The van der Waals surface area contributed by atoms with Crippen molar-refractivity contribution in [1.29, 1.82) is 0 Å². The van der Waals surface area contributed by atoms with Gasteiger partial charge in [0.15, 0.2) is 0 Å². The van der Waals surface area contributed by atoms with Crippen LogP contribution >= 0.6 is 11.6 Å². The number of furan rings is 1. The summed E-state index contributed by atoms with van der Waals surface area (Å²) in [5, 5.41) is 7.05. The molecule has 5 nitrogen and oxygen atoms in total. The zero-order valence-corrected chi connectivity index (χ0v) is 13.2. The van der Waals surface area contributed by atoms with Crippen LogP contribution in [0.1, 0.15) is 23.2 Å². The maximum atomic E-state index is 12.3. The van der Waals surface area contributed by atoms with E-state index in [1.807, 2.05) is 0 Å². The summed E-state index contributed by atoms with van der Waals surface area (Å²) in [6.45, 7) is 1.08. The van der Waals surface area contributed by atoms with Gasteiger partial charge in [-0.15, -0.1) is 0 Å².